The van der Waals surface area contributed by atoms with Crippen LogP contribution in [0.1, 0.15) is 24.3 Å². The second-order valence-corrected chi connectivity index (χ2v) is 5.35. The van der Waals surface area contributed by atoms with Crippen molar-refractivity contribution in [1.82, 2.24) is 4.90 Å². The number of nitrogens with zero attached hydrogens (tertiary/aromatic N) is 2. The van der Waals surface area contributed by atoms with Crippen molar-refractivity contribution in [3.63, 3.8) is 0 Å². The molecule has 4 atom stereocenters. The highest BCUT2D eigenvalue weighted by atomic mass is 15.2. The maximum absolute atomic E-state index is 8.93. The predicted octanol–water partition coefficient (Wildman–Crippen LogP) is 2.64. The SMILES string of the molecule is N#CC[C@H]1CN2CC[C@H]1[C@@H](c1ccccc1)C2. The Morgan fingerprint density at radius 3 is 2.76 bits per heavy atom. The molecule has 0 N–H and O–H groups in total. The van der Waals surface area contributed by atoms with E-state index in [0.717, 1.165) is 18.9 Å². The van der Waals surface area contributed by atoms with E-state index in [1.165, 1.54) is 25.1 Å². The highest BCUT2D eigenvalue weighted by molar-refractivity contribution is 5.23. The largest absolute Gasteiger partial charge is 0.302 e. The molecule has 0 radical (unpaired) electrons. The fraction of sp³-hybridized carbons (Fsp3) is 0.533. The van der Waals surface area contributed by atoms with Crippen molar-refractivity contribution in [2.75, 3.05) is 19.6 Å². The second kappa shape index (κ2) is 4.50. The van der Waals surface area contributed by atoms with Gasteiger partial charge in [0.05, 0.1) is 6.07 Å². The standard InChI is InChI=1S/C15H18N2/c16-8-6-13-10-17-9-7-14(13)15(11-17)12-4-2-1-3-5-12/h1-5,13-15H,6-7,9-11H2/t13-,14+,15+/m0/s1. The number of nitriles is 1. The second-order valence-electron chi connectivity index (χ2n) is 5.35. The molecule has 0 aliphatic carbocycles. The first-order chi connectivity index (χ1) is 8.38. The van der Waals surface area contributed by atoms with E-state index < -0.39 is 0 Å². The van der Waals surface area contributed by atoms with Gasteiger partial charge in [-0.2, -0.15) is 5.26 Å². The fourth-order valence-electron chi connectivity index (χ4n) is 3.62. The van der Waals surface area contributed by atoms with Crippen molar-refractivity contribution >= 4 is 0 Å². The molecule has 3 aliphatic rings. The van der Waals surface area contributed by atoms with Crippen LogP contribution in [-0.4, -0.2) is 24.5 Å². The van der Waals surface area contributed by atoms with Gasteiger partial charge in [0.25, 0.3) is 0 Å². The van der Waals surface area contributed by atoms with E-state index in [4.69, 9.17) is 5.26 Å². The molecule has 2 heteroatoms. The summed E-state index contributed by atoms with van der Waals surface area (Å²) in [5.41, 5.74) is 1.46. The Kier molecular flexibility index (Phi) is 2.86. The number of fused-ring (bicyclic) bond motifs is 3. The van der Waals surface area contributed by atoms with Crippen LogP contribution in [0.15, 0.2) is 30.3 Å². The van der Waals surface area contributed by atoms with Crippen molar-refractivity contribution in [1.29, 1.82) is 5.26 Å². The van der Waals surface area contributed by atoms with Crippen LogP contribution >= 0.6 is 0 Å². The van der Waals surface area contributed by atoms with E-state index in [9.17, 15) is 0 Å². The lowest BCUT2D eigenvalue weighted by Crippen LogP contribution is -2.51. The van der Waals surface area contributed by atoms with Gasteiger partial charge in [0, 0.05) is 19.5 Å². The van der Waals surface area contributed by atoms with E-state index in [0.29, 0.717) is 11.8 Å². The van der Waals surface area contributed by atoms with Gasteiger partial charge in [-0.15, -0.1) is 0 Å². The summed E-state index contributed by atoms with van der Waals surface area (Å²) in [6, 6.07) is 13.2. The van der Waals surface area contributed by atoms with Crippen LogP contribution in [-0.2, 0) is 0 Å². The van der Waals surface area contributed by atoms with Gasteiger partial charge in [-0.1, -0.05) is 30.3 Å². The number of piperidine rings is 3. The van der Waals surface area contributed by atoms with E-state index in [2.05, 4.69) is 41.3 Å². The summed E-state index contributed by atoms with van der Waals surface area (Å²) in [5.74, 6) is 1.96. The van der Waals surface area contributed by atoms with E-state index in [-0.39, 0.29) is 0 Å². The molecule has 3 heterocycles. The molecule has 1 unspecified atom stereocenters. The predicted molar refractivity (Wildman–Crippen MR) is 67.5 cm³/mol. The van der Waals surface area contributed by atoms with Crippen molar-refractivity contribution in [2.24, 2.45) is 11.8 Å². The Hall–Kier alpha value is -1.33. The third kappa shape index (κ3) is 1.96. The van der Waals surface area contributed by atoms with Gasteiger partial charge < -0.3 is 4.90 Å². The highest BCUT2D eigenvalue weighted by Crippen LogP contribution is 2.43. The molecule has 0 aromatic heterocycles. The molecule has 88 valence electrons. The molecule has 17 heavy (non-hydrogen) atoms. The number of benzene rings is 1. The summed E-state index contributed by atoms with van der Waals surface area (Å²) in [6.45, 7) is 3.56. The summed E-state index contributed by atoms with van der Waals surface area (Å²) in [4.78, 5) is 2.54. The topological polar surface area (TPSA) is 27.0 Å². The molecule has 2 bridgehead atoms. The van der Waals surface area contributed by atoms with Gasteiger partial charge in [-0.3, -0.25) is 0 Å². The third-order valence-electron chi connectivity index (χ3n) is 4.43. The Labute approximate surface area is 103 Å². The maximum Gasteiger partial charge on any atom is 0.0625 e. The molecular weight excluding hydrogens is 208 g/mol. The summed E-state index contributed by atoms with van der Waals surface area (Å²) in [6.07, 6.45) is 2.00. The van der Waals surface area contributed by atoms with Gasteiger partial charge in [-0.25, -0.2) is 0 Å². The van der Waals surface area contributed by atoms with Crippen molar-refractivity contribution in [2.45, 2.75) is 18.8 Å². The van der Waals surface area contributed by atoms with Gasteiger partial charge in [-0.05, 0) is 36.3 Å². The zero-order chi connectivity index (χ0) is 11.7. The molecule has 3 aliphatic heterocycles. The number of hydrogen-bond acceptors (Lipinski definition) is 2. The monoisotopic (exact) mass is 226 g/mol. The lowest BCUT2D eigenvalue weighted by Gasteiger charge is -2.49. The fourth-order valence-corrected chi connectivity index (χ4v) is 3.62. The lowest BCUT2D eigenvalue weighted by molar-refractivity contribution is 0.0320. The Bertz CT molecular complexity index is 420. The van der Waals surface area contributed by atoms with Gasteiger partial charge in [0.2, 0.25) is 0 Å². The summed E-state index contributed by atoms with van der Waals surface area (Å²) in [5, 5.41) is 8.93. The Morgan fingerprint density at radius 2 is 2.06 bits per heavy atom. The van der Waals surface area contributed by atoms with Gasteiger partial charge >= 0.3 is 0 Å². The minimum Gasteiger partial charge on any atom is -0.302 e. The van der Waals surface area contributed by atoms with Crippen LogP contribution < -0.4 is 0 Å². The van der Waals surface area contributed by atoms with Crippen LogP contribution in [0.25, 0.3) is 0 Å². The average Bonchev–Trinajstić information content (AvgIpc) is 2.41. The Morgan fingerprint density at radius 1 is 1.24 bits per heavy atom. The minimum absolute atomic E-state index is 0.590. The number of rotatable bonds is 2. The molecular formula is C15H18N2. The molecule has 4 rings (SSSR count). The first kappa shape index (κ1) is 10.8. The third-order valence-corrected chi connectivity index (χ3v) is 4.43. The zero-order valence-electron chi connectivity index (χ0n) is 10.0. The molecule has 1 aromatic rings. The van der Waals surface area contributed by atoms with Crippen molar-refractivity contribution in [3.8, 4) is 6.07 Å². The van der Waals surface area contributed by atoms with Gasteiger partial charge in [0.1, 0.15) is 0 Å². The quantitative estimate of drug-likeness (QED) is 0.775. The Balaban J connectivity index is 1.85. The summed E-state index contributed by atoms with van der Waals surface area (Å²) >= 11 is 0. The maximum atomic E-state index is 8.93. The first-order valence-corrected chi connectivity index (χ1v) is 6.52. The molecule has 0 spiro atoms. The van der Waals surface area contributed by atoms with Crippen LogP contribution in [0.4, 0.5) is 0 Å². The van der Waals surface area contributed by atoms with Crippen molar-refractivity contribution < 1.29 is 0 Å². The average molecular weight is 226 g/mol. The molecule has 3 fully saturated rings. The molecule has 0 amide bonds. The molecule has 3 saturated heterocycles. The normalized spacial score (nSPS) is 35.5. The van der Waals surface area contributed by atoms with Crippen LogP contribution in [0.2, 0.25) is 0 Å². The van der Waals surface area contributed by atoms with Crippen molar-refractivity contribution in [3.05, 3.63) is 35.9 Å². The van der Waals surface area contributed by atoms with Crippen LogP contribution in [0, 0.1) is 23.2 Å². The molecule has 0 saturated carbocycles. The number of hydrogen-bond donors (Lipinski definition) is 0. The first-order valence-electron chi connectivity index (χ1n) is 6.52. The molecule has 1 aromatic carbocycles. The summed E-state index contributed by atoms with van der Waals surface area (Å²) < 4.78 is 0. The minimum atomic E-state index is 0.590. The van der Waals surface area contributed by atoms with E-state index >= 15 is 0 Å². The smallest absolute Gasteiger partial charge is 0.0625 e. The van der Waals surface area contributed by atoms with E-state index in [1.807, 2.05) is 0 Å². The summed E-state index contributed by atoms with van der Waals surface area (Å²) in [7, 11) is 0. The van der Waals surface area contributed by atoms with E-state index in [1.54, 1.807) is 0 Å². The van der Waals surface area contributed by atoms with Gasteiger partial charge in [0.15, 0.2) is 0 Å². The van der Waals surface area contributed by atoms with Crippen LogP contribution in [0.5, 0.6) is 0 Å². The highest BCUT2D eigenvalue weighted by Gasteiger charge is 2.41. The lowest BCUT2D eigenvalue weighted by atomic mass is 9.69. The zero-order valence-corrected chi connectivity index (χ0v) is 10.0. The molecule has 2 nitrogen and oxygen atoms in total. The van der Waals surface area contributed by atoms with Crippen LogP contribution in [0.3, 0.4) is 0 Å².